The number of esters is 1. The van der Waals surface area contributed by atoms with Crippen LogP contribution >= 0.6 is 0 Å². The van der Waals surface area contributed by atoms with E-state index in [1.54, 1.807) is 30.3 Å². The van der Waals surface area contributed by atoms with Crippen molar-refractivity contribution in [1.82, 2.24) is 5.32 Å². The van der Waals surface area contributed by atoms with Gasteiger partial charge >= 0.3 is 5.97 Å². The minimum absolute atomic E-state index is 0.157. The van der Waals surface area contributed by atoms with E-state index in [1.165, 1.54) is 13.3 Å². The summed E-state index contributed by atoms with van der Waals surface area (Å²) in [7, 11) is 1.20. The number of nitrogens with zero attached hydrogens (tertiary/aromatic N) is 1. The third kappa shape index (κ3) is 4.14. The van der Waals surface area contributed by atoms with Gasteiger partial charge in [0.1, 0.15) is 6.07 Å². The molecule has 0 saturated carbocycles. The van der Waals surface area contributed by atoms with Gasteiger partial charge in [0.25, 0.3) is 5.91 Å². The number of amides is 1. The third-order valence-electron chi connectivity index (χ3n) is 2.37. The molecule has 0 aromatic heterocycles. The molecular formula is C14H15N3O3. The van der Waals surface area contributed by atoms with Crippen molar-refractivity contribution < 1.29 is 14.3 Å². The van der Waals surface area contributed by atoms with Gasteiger partial charge in [-0.15, -0.1) is 0 Å². The first kappa shape index (κ1) is 15.2. The van der Waals surface area contributed by atoms with Crippen LogP contribution in [-0.4, -0.2) is 25.5 Å². The van der Waals surface area contributed by atoms with E-state index in [2.05, 4.69) is 15.4 Å². The zero-order valence-corrected chi connectivity index (χ0v) is 11.3. The Morgan fingerprint density at radius 3 is 2.80 bits per heavy atom. The average Bonchev–Trinajstić information content (AvgIpc) is 2.48. The lowest BCUT2D eigenvalue weighted by Crippen LogP contribution is -2.22. The number of nitrogens with one attached hydrogen (secondary N) is 2. The maximum Gasteiger partial charge on any atom is 0.350 e. The van der Waals surface area contributed by atoms with Crippen LogP contribution in [0.3, 0.4) is 0 Å². The smallest absolute Gasteiger partial charge is 0.350 e. The van der Waals surface area contributed by atoms with Crippen LogP contribution in [0.15, 0.2) is 36.0 Å². The molecule has 0 heterocycles. The Kier molecular flexibility index (Phi) is 5.78. The van der Waals surface area contributed by atoms with E-state index < -0.39 is 5.97 Å². The maximum absolute atomic E-state index is 11.7. The van der Waals surface area contributed by atoms with Crippen LogP contribution in [-0.2, 0) is 9.53 Å². The molecular weight excluding hydrogens is 258 g/mol. The number of methoxy groups -OCH3 is 1. The van der Waals surface area contributed by atoms with Crippen molar-refractivity contribution in [3.05, 3.63) is 41.6 Å². The van der Waals surface area contributed by atoms with Crippen LogP contribution in [0.2, 0.25) is 0 Å². The van der Waals surface area contributed by atoms with Crippen molar-refractivity contribution in [2.75, 3.05) is 19.0 Å². The second kappa shape index (κ2) is 7.59. The highest BCUT2D eigenvalue weighted by Crippen LogP contribution is 2.11. The minimum atomic E-state index is -0.722. The lowest BCUT2D eigenvalue weighted by Gasteiger charge is -2.05. The van der Waals surface area contributed by atoms with E-state index in [4.69, 9.17) is 5.26 Å². The predicted octanol–water partition coefficient (Wildman–Crippen LogP) is 1.43. The number of ether oxygens (including phenoxy) is 1. The van der Waals surface area contributed by atoms with Gasteiger partial charge in [-0.2, -0.15) is 5.26 Å². The van der Waals surface area contributed by atoms with Crippen LogP contribution in [0.1, 0.15) is 17.3 Å². The largest absolute Gasteiger partial charge is 0.465 e. The number of hydrogen-bond acceptors (Lipinski definition) is 5. The third-order valence-corrected chi connectivity index (χ3v) is 2.37. The van der Waals surface area contributed by atoms with E-state index in [9.17, 15) is 9.59 Å². The molecule has 0 fully saturated rings. The second-order valence-electron chi connectivity index (χ2n) is 3.75. The molecule has 0 unspecified atom stereocenters. The van der Waals surface area contributed by atoms with Crippen LogP contribution in [0.4, 0.5) is 5.69 Å². The van der Waals surface area contributed by atoms with E-state index in [-0.39, 0.29) is 11.5 Å². The van der Waals surface area contributed by atoms with Crippen LogP contribution < -0.4 is 10.6 Å². The molecule has 0 bridgehead atoms. The fourth-order valence-corrected chi connectivity index (χ4v) is 1.42. The molecule has 6 nitrogen and oxygen atoms in total. The van der Waals surface area contributed by atoms with Gasteiger partial charge in [-0.1, -0.05) is 6.07 Å². The van der Waals surface area contributed by atoms with Gasteiger partial charge in [0.15, 0.2) is 5.57 Å². The maximum atomic E-state index is 11.7. The fourth-order valence-electron chi connectivity index (χ4n) is 1.42. The van der Waals surface area contributed by atoms with Gasteiger partial charge in [-0.05, 0) is 25.1 Å². The second-order valence-corrected chi connectivity index (χ2v) is 3.75. The molecule has 2 N–H and O–H groups in total. The summed E-state index contributed by atoms with van der Waals surface area (Å²) in [5.41, 5.74) is 0.920. The number of benzene rings is 1. The highest BCUT2D eigenvalue weighted by Gasteiger charge is 2.08. The monoisotopic (exact) mass is 273 g/mol. The van der Waals surface area contributed by atoms with Gasteiger partial charge in [0.05, 0.1) is 7.11 Å². The summed E-state index contributed by atoms with van der Waals surface area (Å²) in [6.07, 6.45) is 1.24. The number of hydrogen-bond donors (Lipinski definition) is 2. The summed E-state index contributed by atoms with van der Waals surface area (Å²) in [5.74, 6) is -0.909. The van der Waals surface area contributed by atoms with E-state index >= 15 is 0 Å². The molecule has 6 heteroatoms. The lowest BCUT2D eigenvalue weighted by molar-refractivity contribution is -0.135. The molecule has 0 atom stereocenters. The van der Waals surface area contributed by atoms with Crippen LogP contribution in [0.5, 0.6) is 0 Å². The standard InChI is InChI=1S/C14H15N3O3/c1-3-16-13(18)10-5-4-6-12(7-10)17-9-11(8-15)14(19)20-2/h4-7,9,17H,3H2,1-2H3,(H,16,18)/b11-9+. The van der Waals surface area contributed by atoms with Crippen molar-refractivity contribution in [2.45, 2.75) is 6.92 Å². The zero-order chi connectivity index (χ0) is 15.0. The van der Waals surface area contributed by atoms with Crippen molar-refractivity contribution in [3.8, 4) is 6.07 Å². The van der Waals surface area contributed by atoms with Crippen molar-refractivity contribution in [3.63, 3.8) is 0 Å². The van der Waals surface area contributed by atoms with Crippen molar-refractivity contribution in [1.29, 1.82) is 5.26 Å². The summed E-state index contributed by atoms with van der Waals surface area (Å²) >= 11 is 0. The molecule has 1 rings (SSSR count). The molecule has 0 aliphatic rings. The first-order chi connectivity index (χ1) is 9.62. The quantitative estimate of drug-likeness (QED) is 0.481. The highest BCUT2D eigenvalue weighted by molar-refractivity contribution is 5.95. The highest BCUT2D eigenvalue weighted by atomic mass is 16.5. The van der Waals surface area contributed by atoms with E-state index in [0.717, 1.165) is 0 Å². The summed E-state index contributed by atoms with van der Waals surface area (Å²) in [4.78, 5) is 22.9. The topological polar surface area (TPSA) is 91.2 Å². The van der Waals surface area contributed by atoms with Gasteiger partial charge in [0, 0.05) is 24.0 Å². The Morgan fingerprint density at radius 1 is 1.45 bits per heavy atom. The molecule has 0 saturated heterocycles. The van der Waals surface area contributed by atoms with Gasteiger partial charge < -0.3 is 15.4 Å². The summed E-state index contributed by atoms with van der Waals surface area (Å²) in [6, 6.07) is 8.43. The Bertz CT molecular complexity index is 573. The minimum Gasteiger partial charge on any atom is -0.465 e. The molecule has 104 valence electrons. The Hall–Kier alpha value is -2.81. The summed E-state index contributed by atoms with van der Waals surface area (Å²) < 4.78 is 4.45. The van der Waals surface area contributed by atoms with Gasteiger partial charge in [-0.3, -0.25) is 4.79 Å². The average molecular weight is 273 g/mol. The van der Waals surface area contributed by atoms with Gasteiger partial charge in [-0.25, -0.2) is 4.79 Å². The first-order valence-electron chi connectivity index (χ1n) is 5.95. The van der Waals surface area contributed by atoms with E-state index in [0.29, 0.717) is 17.8 Å². The molecule has 20 heavy (non-hydrogen) atoms. The molecule has 0 radical (unpaired) electrons. The molecule has 0 aliphatic heterocycles. The van der Waals surface area contributed by atoms with Crippen LogP contribution in [0.25, 0.3) is 0 Å². The molecule has 0 aliphatic carbocycles. The fraction of sp³-hybridized carbons (Fsp3) is 0.214. The van der Waals surface area contributed by atoms with Crippen LogP contribution in [0, 0.1) is 11.3 Å². The van der Waals surface area contributed by atoms with E-state index in [1.807, 2.05) is 6.92 Å². The summed E-state index contributed by atoms with van der Waals surface area (Å²) in [6.45, 7) is 2.37. The summed E-state index contributed by atoms with van der Waals surface area (Å²) in [5, 5.41) is 14.3. The molecule has 1 aromatic carbocycles. The number of anilines is 1. The number of nitriles is 1. The van der Waals surface area contributed by atoms with Gasteiger partial charge in [0.2, 0.25) is 0 Å². The normalized spacial score (nSPS) is 10.3. The number of rotatable bonds is 5. The Balaban J connectivity index is 2.86. The molecule has 1 aromatic rings. The lowest BCUT2D eigenvalue weighted by atomic mass is 10.2. The van der Waals surface area contributed by atoms with Crippen molar-refractivity contribution >= 4 is 17.6 Å². The predicted molar refractivity (Wildman–Crippen MR) is 73.8 cm³/mol. The first-order valence-corrected chi connectivity index (χ1v) is 5.95. The molecule has 1 amide bonds. The Labute approximate surface area is 117 Å². The number of carbonyl (C=O) groups excluding carboxylic acids is 2. The van der Waals surface area contributed by atoms with Crippen molar-refractivity contribution in [2.24, 2.45) is 0 Å². The number of carbonyl (C=O) groups is 2. The zero-order valence-electron chi connectivity index (χ0n) is 11.3. The Morgan fingerprint density at radius 2 is 2.20 bits per heavy atom. The SMILES string of the molecule is CCNC(=O)c1cccc(N/C=C(\C#N)C(=O)OC)c1. The molecule has 0 spiro atoms.